The third kappa shape index (κ3) is 3.06. The summed E-state index contributed by atoms with van der Waals surface area (Å²) in [6.45, 7) is 1.26. The summed E-state index contributed by atoms with van der Waals surface area (Å²) < 4.78 is 5.20. The van der Waals surface area contributed by atoms with E-state index in [0.29, 0.717) is 6.54 Å². The molecule has 0 unspecified atom stereocenters. The lowest BCUT2D eigenvalue weighted by Gasteiger charge is -2.29. The van der Waals surface area contributed by atoms with E-state index in [2.05, 4.69) is 11.4 Å². The number of methoxy groups -OCH3 is 1. The first-order valence-electron chi connectivity index (χ1n) is 7.54. The highest BCUT2D eigenvalue weighted by molar-refractivity contribution is 5.93. The lowest BCUT2D eigenvalue weighted by molar-refractivity contribution is 0.245. The fourth-order valence-electron chi connectivity index (χ4n) is 2.80. The van der Waals surface area contributed by atoms with E-state index < -0.39 is 0 Å². The summed E-state index contributed by atoms with van der Waals surface area (Å²) in [5, 5.41) is 2.99. The Kier molecular flexibility index (Phi) is 4.28. The van der Waals surface area contributed by atoms with Crippen LogP contribution in [0.3, 0.4) is 0 Å². The molecule has 0 bridgehead atoms. The Morgan fingerprint density at radius 2 is 2.09 bits per heavy atom. The Bertz CT molecular complexity index is 670. The van der Waals surface area contributed by atoms with Gasteiger partial charge in [-0.2, -0.15) is 0 Å². The Balaban J connectivity index is 1.68. The maximum atomic E-state index is 12.5. The maximum Gasteiger partial charge on any atom is 0.322 e. The molecule has 2 aromatic rings. The second-order valence-electron chi connectivity index (χ2n) is 5.39. The van der Waals surface area contributed by atoms with Gasteiger partial charge in [-0.05, 0) is 42.2 Å². The Labute approximate surface area is 130 Å². The zero-order valence-electron chi connectivity index (χ0n) is 12.7. The molecule has 4 heteroatoms. The molecule has 1 N–H and O–H groups in total. The SMILES string of the molecule is COc1cccc(CNC(=O)N2CCCc3ccccc32)c1. The fraction of sp³-hybridized carbons (Fsp3) is 0.278. The lowest BCUT2D eigenvalue weighted by atomic mass is 10.0. The number of para-hydroxylation sites is 1. The van der Waals surface area contributed by atoms with Crippen molar-refractivity contribution in [2.75, 3.05) is 18.6 Å². The number of rotatable bonds is 3. The number of nitrogens with one attached hydrogen (secondary N) is 1. The van der Waals surface area contributed by atoms with Crippen LogP contribution in [0.4, 0.5) is 10.5 Å². The van der Waals surface area contributed by atoms with Crippen molar-refractivity contribution in [3.8, 4) is 5.75 Å². The third-order valence-corrected chi connectivity index (χ3v) is 3.93. The maximum absolute atomic E-state index is 12.5. The molecule has 0 radical (unpaired) electrons. The highest BCUT2D eigenvalue weighted by Crippen LogP contribution is 2.26. The molecule has 3 rings (SSSR count). The van der Waals surface area contributed by atoms with Gasteiger partial charge >= 0.3 is 6.03 Å². The van der Waals surface area contributed by atoms with Crippen LogP contribution in [0.25, 0.3) is 0 Å². The van der Waals surface area contributed by atoms with Crippen molar-refractivity contribution in [1.82, 2.24) is 5.32 Å². The predicted octanol–water partition coefficient (Wildman–Crippen LogP) is 3.36. The van der Waals surface area contributed by atoms with E-state index in [4.69, 9.17) is 4.74 Å². The number of benzene rings is 2. The molecule has 1 aliphatic rings. The molecule has 0 atom stereocenters. The quantitative estimate of drug-likeness (QED) is 0.943. The number of nitrogens with zero attached hydrogens (tertiary/aromatic N) is 1. The average molecular weight is 296 g/mol. The zero-order valence-corrected chi connectivity index (χ0v) is 12.7. The lowest BCUT2D eigenvalue weighted by Crippen LogP contribution is -2.42. The van der Waals surface area contributed by atoms with E-state index in [0.717, 1.165) is 36.4 Å². The van der Waals surface area contributed by atoms with Gasteiger partial charge in [-0.1, -0.05) is 30.3 Å². The van der Waals surface area contributed by atoms with Crippen LogP contribution < -0.4 is 15.0 Å². The standard InChI is InChI=1S/C18H20N2O2/c1-22-16-9-4-6-14(12-16)13-19-18(21)20-11-5-8-15-7-2-3-10-17(15)20/h2-4,6-7,9-10,12H,5,8,11,13H2,1H3,(H,19,21). The minimum Gasteiger partial charge on any atom is -0.497 e. The van der Waals surface area contributed by atoms with Crippen molar-refractivity contribution in [3.05, 3.63) is 59.7 Å². The summed E-state index contributed by atoms with van der Waals surface area (Å²) in [6, 6.07) is 15.8. The number of carbonyl (C=O) groups excluding carboxylic acids is 1. The molecule has 114 valence electrons. The minimum absolute atomic E-state index is 0.0463. The van der Waals surface area contributed by atoms with Gasteiger partial charge in [-0.3, -0.25) is 4.90 Å². The third-order valence-electron chi connectivity index (χ3n) is 3.93. The van der Waals surface area contributed by atoms with Crippen molar-refractivity contribution in [3.63, 3.8) is 0 Å². The molecule has 0 saturated carbocycles. The van der Waals surface area contributed by atoms with Crippen LogP contribution in [0.1, 0.15) is 17.5 Å². The Morgan fingerprint density at radius 3 is 2.95 bits per heavy atom. The van der Waals surface area contributed by atoms with Crippen LogP contribution >= 0.6 is 0 Å². The van der Waals surface area contributed by atoms with Crippen LogP contribution in [-0.2, 0) is 13.0 Å². The Morgan fingerprint density at radius 1 is 1.23 bits per heavy atom. The average Bonchev–Trinajstić information content (AvgIpc) is 2.59. The molecule has 0 saturated heterocycles. The van der Waals surface area contributed by atoms with Crippen LogP contribution in [0, 0.1) is 0 Å². The first kappa shape index (κ1) is 14.4. The molecule has 1 heterocycles. The minimum atomic E-state index is -0.0463. The highest BCUT2D eigenvalue weighted by Gasteiger charge is 2.21. The number of urea groups is 1. The fourth-order valence-corrected chi connectivity index (χ4v) is 2.80. The van der Waals surface area contributed by atoms with Crippen molar-refractivity contribution in [2.24, 2.45) is 0 Å². The number of hydrogen-bond acceptors (Lipinski definition) is 2. The molecule has 22 heavy (non-hydrogen) atoms. The van der Waals surface area contributed by atoms with Crippen molar-refractivity contribution >= 4 is 11.7 Å². The second kappa shape index (κ2) is 6.52. The molecular formula is C18H20N2O2. The number of anilines is 1. The van der Waals surface area contributed by atoms with Gasteiger partial charge in [0.1, 0.15) is 5.75 Å². The number of aryl methyl sites for hydroxylation is 1. The summed E-state index contributed by atoms with van der Waals surface area (Å²) in [5.74, 6) is 0.801. The number of fused-ring (bicyclic) bond motifs is 1. The van der Waals surface area contributed by atoms with E-state index in [9.17, 15) is 4.79 Å². The van der Waals surface area contributed by atoms with Crippen LogP contribution in [0.5, 0.6) is 5.75 Å². The molecular weight excluding hydrogens is 276 g/mol. The van der Waals surface area contributed by atoms with Crippen LogP contribution in [0.15, 0.2) is 48.5 Å². The summed E-state index contributed by atoms with van der Waals surface area (Å²) in [5.41, 5.74) is 3.29. The smallest absolute Gasteiger partial charge is 0.322 e. The highest BCUT2D eigenvalue weighted by atomic mass is 16.5. The van der Waals surface area contributed by atoms with Gasteiger partial charge < -0.3 is 10.1 Å². The van der Waals surface area contributed by atoms with Gasteiger partial charge in [0.25, 0.3) is 0 Å². The van der Waals surface area contributed by atoms with Crippen molar-refractivity contribution < 1.29 is 9.53 Å². The second-order valence-corrected chi connectivity index (χ2v) is 5.39. The van der Waals surface area contributed by atoms with E-state index in [1.165, 1.54) is 5.56 Å². The number of hydrogen-bond donors (Lipinski definition) is 1. The molecule has 4 nitrogen and oxygen atoms in total. The van der Waals surface area contributed by atoms with E-state index in [1.54, 1.807) is 7.11 Å². The van der Waals surface area contributed by atoms with Gasteiger partial charge in [0.2, 0.25) is 0 Å². The first-order chi connectivity index (χ1) is 10.8. The van der Waals surface area contributed by atoms with Crippen molar-refractivity contribution in [2.45, 2.75) is 19.4 Å². The topological polar surface area (TPSA) is 41.6 Å². The van der Waals surface area contributed by atoms with E-state index in [1.807, 2.05) is 47.4 Å². The van der Waals surface area contributed by atoms with Crippen LogP contribution in [0.2, 0.25) is 0 Å². The van der Waals surface area contributed by atoms with Crippen molar-refractivity contribution in [1.29, 1.82) is 0 Å². The monoisotopic (exact) mass is 296 g/mol. The number of carbonyl (C=O) groups is 1. The molecule has 0 spiro atoms. The molecule has 0 aliphatic carbocycles. The normalized spacial score (nSPS) is 13.4. The zero-order chi connectivity index (χ0) is 15.4. The van der Waals surface area contributed by atoms with E-state index >= 15 is 0 Å². The van der Waals surface area contributed by atoms with Gasteiger partial charge in [0.15, 0.2) is 0 Å². The van der Waals surface area contributed by atoms with Gasteiger partial charge in [0, 0.05) is 18.8 Å². The van der Waals surface area contributed by atoms with Gasteiger partial charge in [-0.25, -0.2) is 4.79 Å². The Hall–Kier alpha value is -2.49. The summed E-state index contributed by atoms with van der Waals surface area (Å²) in [4.78, 5) is 14.3. The molecule has 0 fully saturated rings. The summed E-state index contributed by atoms with van der Waals surface area (Å²) >= 11 is 0. The summed E-state index contributed by atoms with van der Waals surface area (Å²) in [7, 11) is 1.64. The predicted molar refractivity (Wildman–Crippen MR) is 87.3 cm³/mol. The molecule has 1 aliphatic heterocycles. The number of amides is 2. The van der Waals surface area contributed by atoms with E-state index in [-0.39, 0.29) is 6.03 Å². The van der Waals surface area contributed by atoms with Gasteiger partial charge in [0.05, 0.1) is 7.11 Å². The number of ether oxygens (including phenoxy) is 1. The molecule has 0 aromatic heterocycles. The molecule has 2 amide bonds. The largest absolute Gasteiger partial charge is 0.497 e. The van der Waals surface area contributed by atoms with Crippen LogP contribution in [-0.4, -0.2) is 19.7 Å². The molecule has 2 aromatic carbocycles. The first-order valence-corrected chi connectivity index (χ1v) is 7.54. The summed E-state index contributed by atoms with van der Waals surface area (Å²) in [6.07, 6.45) is 2.04. The van der Waals surface area contributed by atoms with Gasteiger partial charge in [-0.15, -0.1) is 0 Å².